The summed E-state index contributed by atoms with van der Waals surface area (Å²) in [7, 11) is 0. The highest BCUT2D eigenvalue weighted by molar-refractivity contribution is 5.94. The van der Waals surface area contributed by atoms with Crippen molar-refractivity contribution < 1.29 is 15.0 Å². The summed E-state index contributed by atoms with van der Waals surface area (Å²) in [6.07, 6.45) is 1.93. The summed E-state index contributed by atoms with van der Waals surface area (Å²) in [6.45, 7) is -0.0671. The minimum Gasteiger partial charge on any atom is -0.396 e. The summed E-state index contributed by atoms with van der Waals surface area (Å²) in [4.78, 5) is 12.3. The predicted molar refractivity (Wildman–Crippen MR) is 76.2 cm³/mol. The maximum atomic E-state index is 12.3. The number of aromatic nitrogens is 4. The van der Waals surface area contributed by atoms with Crippen molar-refractivity contribution in [3.8, 4) is 5.69 Å². The molecular formula is C14H17N5O3. The number of amides is 1. The van der Waals surface area contributed by atoms with Gasteiger partial charge in [-0.3, -0.25) is 4.79 Å². The molecule has 3 N–H and O–H groups in total. The fourth-order valence-electron chi connectivity index (χ4n) is 2.75. The van der Waals surface area contributed by atoms with Gasteiger partial charge in [0.05, 0.1) is 11.8 Å². The smallest absolute Gasteiger partial charge is 0.251 e. The SMILES string of the molecule is O=C(N[C@H]1C[C@@H](CO)[C@@H](O)C1)c1cccc(-n2cnnn2)c1. The van der Waals surface area contributed by atoms with Crippen LogP contribution in [0.5, 0.6) is 0 Å². The molecule has 116 valence electrons. The third-order valence-electron chi connectivity index (χ3n) is 3.95. The van der Waals surface area contributed by atoms with Crippen molar-refractivity contribution in [3.05, 3.63) is 36.2 Å². The van der Waals surface area contributed by atoms with Gasteiger partial charge >= 0.3 is 0 Å². The molecule has 1 fully saturated rings. The number of hydrogen-bond acceptors (Lipinski definition) is 6. The summed E-state index contributed by atoms with van der Waals surface area (Å²) in [6, 6.07) is 6.83. The van der Waals surface area contributed by atoms with Crippen molar-refractivity contribution in [3.63, 3.8) is 0 Å². The Bertz CT molecular complexity index is 646. The lowest BCUT2D eigenvalue weighted by molar-refractivity contribution is 0.0903. The summed E-state index contributed by atoms with van der Waals surface area (Å²) in [5, 5.41) is 32.7. The molecule has 0 bridgehead atoms. The fraction of sp³-hybridized carbons (Fsp3) is 0.429. The van der Waals surface area contributed by atoms with Crippen LogP contribution in [-0.4, -0.2) is 55.1 Å². The first-order chi connectivity index (χ1) is 10.7. The first-order valence-corrected chi connectivity index (χ1v) is 7.10. The molecule has 0 unspecified atom stereocenters. The topological polar surface area (TPSA) is 113 Å². The molecule has 2 aromatic rings. The van der Waals surface area contributed by atoms with Crippen molar-refractivity contribution in [2.75, 3.05) is 6.61 Å². The fourth-order valence-corrected chi connectivity index (χ4v) is 2.75. The summed E-state index contributed by atoms with van der Waals surface area (Å²) < 4.78 is 1.47. The zero-order valence-electron chi connectivity index (χ0n) is 11.8. The van der Waals surface area contributed by atoms with Crippen LogP contribution >= 0.6 is 0 Å². The molecular weight excluding hydrogens is 286 g/mol. The number of nitrogens with one attached hydrogen (secondary N) is 1. The molecule has 1 aromatic carbocycles. The molecule has 1 saturated carbocycles. The molecule has 0 aliphatic heterocycles. The van der Waals surface area contributed by atoms with Crippen molar-refractivity contribution in [2.45, 2.75) is 25.0 Å². The highest BCUT2D eigenvalue weighted by Crippen LogP contribution is 2.26. The van der Waals surface area contributed by atoms with Gasteiger partial charge in [-0.15, -0.1) is 5.10 Å². The van der Waals surface area contributed by atoms with Crippen molar-refractivity contribution >= 4 is 5.91 Å². The number of rotatable bonds is 4. The van der Waals surface area contributed by atoms with Gasteiger partial charge in [-0.2, -0.15) is 0 Å². The molecule has 8 heteroatoms. The Kier molecular flexibility index (Phi) is 4.12. The van der Waals surface area contributed by atoms with Gasteiger partial charge in [0.15, 0.2) is 0 Å². The first kappa shape index (κ1) is 14.6. The molecule has 22 heavy (non-hydrogen) atoms. The van der Waals surface area contributed by atoms with Gasteiger partial charge in [-0.05, 0) is 41.5 Å². The molecule has 8 nitrogen and oxygen atoms in total. The Balaban J connectivity index is 1.69. The average molecular weight is 303 g/mol. The number of carbonyl (C=O) groups is 1. The van der Waals surface area contributed by atoms with Crippen LogP contribution < -0.4 is 5.32 Å². The Morgan fingerprint density at radius 3 is 2.95 bits per heavy atom. The molecule has 0 spiro atoms. The van der Waals surface area contributed by atoms with Gasteiger partial charge in [0.2, 0.25) is 0 Å². The van der Waals surface area contributed by atoms with Gasteiger partial charge in [0, 0.05) is 24.1 Å². The highest BCUT2D eigenvalue weighted by atomic mass is 16.3. The van der Waals surface area contributed by atoms with E-state index in [1.165, 1.54) is 11.0 Å². The lowest BCUT2D eigenvalue weighted by atomic mass is 10.1. The molecule has 0 saturated heterocycles. The van der Waals surface area contributed by atoms with Crippen LogP contribution in [0.25, 0.3) is 5.69 Å². The van der Waals surface area contributed by atoms with Crippen LogP contribution in [0.4, 0.5) is 0 Å². The van der Waals surface area contributed by atoms with Crippen LogP contribution in [0.3, 0.4) is 0 Å². The van der Waals surface area contributed by atoms with Crippen LogP contribution in [0.1, 0.15) is 23.2 Å². The quantitative estimate of drug-likeness (QED) is 0.703. The van der Waals surface area contributed by atoms with E-state index in [9.17, 15) is 9.90 Å². The second-order valence-electron chi connectivity index (χ2n) is 5.46. The standard InChI is InChI=1S/C14H17N5O3/c20-7-10-4-11(6-13(10)21)16-14(22)9-2-1-3-12(5-9)19-8-15-17-18-19/h1-3,5,8,10-11,13,20-21H,4,6-7H2,(H,16,22)/t10-,11-,13-/m0/s1. The largest absolute Gasteiger partial charge is 0.396 e. The van der Waals surface area contributed by atoms with E-state index < -0.39 is 6.10 Å². The number of aliphatic hydroxyl groups is 2. The Labute approximate surface area is 126 Å². The second-order valence-corrected chi connectivity index (χ2v) is 5.46. The molecule has 3 atom stereocenters. The van der Waals surface area contributed by atoms with E-state index in [1.54, 1.807) is 24.3 Å². The van der Waals surface area contributed by atoms with Gasteiger partial charge in [-0.1, -0.05) is 6.07 Å². The minimum atomic E-state index is -0.567. The third kappa shape index (κ3) is 2.97. The number of benzene rings is 1. The van der Waals surface area contributed by atoms with E-state index in [1.807, 2.05) is 0 Å². The molecule has 1 amide bonds. The molecule has 3 rings (SSSR count). The van der Waals surface area contributed by atoms with Gasteiger partial charge in [0.1, 0.15) is 6.33 Å². The number of carbonyl (C=O) groups excluding carboxylic acids is 1. The molecule has 1 heterocycles. The van der Waals surface area contributed by atoms with E-state index in [0.29, 0.717) is 24.1 Å². The van der Waals surface area contributed by atoms with Crippen molar-refractivity contribution in [1.29, 1.82) is 0 Å². The van der Waals surface area contributed by atoms with Crippen LogP contribution in [0.2, 0.25) is 0 Å². The van der Waals surface area contributed by atoms with E-state index in [2.05, 4.69) is 20.8 Å². The third-order valence-corrected chi connectivity index (χ3v) is 3.95. The lowest BCUT2D eigenvalue weighted by Gasteiger charge is -2.13. The monoisotopic (exact) mass is 303 g/mol. The summed E-state index contributed by atoms with van der Waals surface area (Å²) in [5.41, 5.74) is 1.19. The zero-order valence-corrected chi connectivity index (χ0v) is 11.8. The maximum absolute atomic E-state index is 12.3. The maximum Gasteiger partial charge on any atom is 0.251 e. The van der Waals surface area contributed by atoms with Gasteiger partial charge in [-0.25, -0.2) is 4.68 Å². The predicted octanol–water partition coefficient (Wildman–Crippen LogP) is -0.476. The molecule has 1 aliphatic carbocycles. The zero-order chi connectivity index (χ0) is 15.5. The number of aliphatic hydroxyl groups excluding tert-OH is 2. The number of hydrogen-bond donors (Lipinski definition) is 3. The summed E-state index contributed by atoms with van der Waals surface area (Å²) >= 11 is 0. The van der Waals surface area contributed by atoms with Crippen LogP contribution in [0.15, 0.2) is 30.6 Å². The van der Waals surface area contributed by atoms with E-state index >= 15 is 0 Å². The van der Waals surface area contributed by atoms with E-state index in [0.717, 1.165) is 0 Å². The van der Waals surface area contributed by atoms with Crippen LogP contribution in [0, 0.1) is 5.92 Å². The number of tetrazole rings is 1. The summed E-state index contributed by atoms with van der Waals surface area (Å²) in [5.74, 6) is -0.386. The Morgan fingerprint density at radius 1 is 1.41 bits per heavy atom. The van der Waals surface area contributed by atoms with Crippen LogP contribution in [-0.2, 0) is 0 Å². The number of nitrogens with zero attached hydrogens (tertiary/aromatic N) is 4. The van der Waals surface area contributed by atoms with Gasteiger partial charge in [0.25, 0.3) is 5.91 Å². The Hall–Kier alpha value is -2.32. The van der Waals surface area contributed by atoms with Crippen molar-refractivity contribution in [2.24, 2.45) is 5.92 Å². The van der Waals surface area contributed by atoms with E-state index in [-0.39, 0.29) is 24.5 Å². The van der Waals surface area contributed by atoms with Gasteiger partial charge < -0.3 is 15.5 Å². The first-order valence-electron chi connectivity index (χ1n) is 7.10. The van der Waals surface area contributed by atoms with Crippen molar-refractivity contribution in [1.82, 2.24) is 25.5 Å². The molecule has 0 radical (unpaired) electrons. The Morgan fingerprint density at radius 2 is 2.27 bits per heavy atom. The second kappa shape index (κ2) is 6.20. The molecule has 1 aliphatic rings. The lowest BCUT2D eigenvalue weighted by Crippen LogP contribution is -2.33. The average Bonchev–Trinajstić information content (AvgIpc) is 3.17. The highest BCUT2D eigenvalue weighted by Gasteiger charge is 2.33. The normalized spacial score (nSPS) is 24.4. The molecule has 1 aromatic heterocycles. The van der Waals surface area contributed by atoms with E-state index in [4.69, 9.17) is 5.11 Å². The minimum absolute atomic E-state index is 0.0671.